The quantitative estimate of drug-likeness (QED) is 0.152. The molecule has 232 valence electrons. The number of nitrogens with one attached hydrogen (secondary N) is 1. The third-order valence-electron chi connectivity index (χ3n) is 8.69. The number of carbonyl (C=O) groups excluding carboxylic acids is 1. The molecule has 0 spiro atoms. The van der Waals surface area contributed by atoms with Gasteiger partial charge in [0.2, 0.25) is 5.91 Å². The molecule has 0 radical (unpaired) electrons. The Morgan fingerprint density at radius 1 is 1.04 bits per heavy atom. The van der Waals surface area contributed by atoms with Crippen molar-refractivity contribution in [3.05, 3.63) is 114 Å². The van der Waals surface area contributed by atoms with E-state index in [1.807, 2.05) is 95.7 Å². The SMILES string of the molecule is CC(c1ncnc(N)c1C(=N)c1ccc(Oc2ccccc2)cc1)C(C)C1CCCN(C(=O)C=CCN(C)c2ccccn2)C1. The van der Waals surface area contributed by atoms with Gasteiger partial charge in [-0.3, -0.25) is 10.2 Å². The number of rotatable bonds is 11. The third kappa shape index (κ3) is 7.73. The van der Waals surface area contributed by atoms with Gasteiger partial charge in [-0.05, 0) is 73.2 Å². The zero-order valence-electron chi connectivity index (χ0n) is 26.1. The minimum absolute atomic E-state index is 0.00560. The van der Waals surface area contributed by atoms with Crippen LogP contribution >= 0.6 is 0 Å². The first kappa shape index (κ1) is 31.4. The maximum atomic E-state index is 13.1. The van der Waals surface area contributed by atoms with Crippen LogP contribution in [0.25, 0.3) is 0 Å². The van der Waals surface area contributed by atoms with Gasteiger partial charge in [0, 0.05) is 50.4 Å². The molecule has 45 heavy (non-hydrogen) atoms. The van der Waals surface area contributed by atoms with Crippen LogP contribution in [0.3, 0.4) is 0 Å². The van der Waals surface area contributed by atoms with Gasteiger partial charge in [-0.15, -0.1) is 0 Å². The van der Waals surface area contributed by atoms with Crippen molar-refractivity contribution in [1.29, 1.82) is 5.41 Å². The Hall–Kier alpha value is -5.05. The lowest BCUT2D eigenvalue weighted by Crippen LogP contribution is -2.42. The van der Waals surface area contributed by atoms with Crippen molar-refractivity contribution in [2.24, 2.45) is 11.8 Å². The monoisotopic (exact) mass is 603 g/mol. The first-order valence-electron chi connectivity index (χ1n) is 15.4. The molecular formula is C36H41N7O2. The molecule has 3 N–H and O–H groups in total. The number of carbonyl (C=O) groups is 1. The summed E-state index contributed by atoms with van der Waals surface area (Å²) >= 11 is 0. The summed E-state index contributed by atoms with van der Waals surface area (Å²) in [5, 5.41) is 9.09. The first-order chi connectivity index (χ1) is 21.8. The Morgan fingerprint density at radius 2 is 1.78 bits per heavy atom. The van der Waals surface area contributed by atoms with Crippen LogP contribution in [0.1, 0.15) is 49.4 Å². The molecule has 3 atom stereocenters. The van der Waals surface area contributed by atoms with E-state index >= 15 is 0 Å². The number of hydrogen-bond donors (Lipinski definition) is 2. The number of piperidine rings is 1. The molecule has 2 aromatic carbocycles. The van der Waals surface area contributed by atoms with Gasteiger partial charge in [-0.2, -0.15) is 0 Å². The highest BCUT2D eigenvalue weighted by Gasteiger charge is 2.32. The molecule has 5 rings (SSSR count). The number of para-hydroxylation sites is 1. The number of hydrogen-bond acceptors (Lipinski definition) is 8. The zero-order chi connectivity index (χ0) is 31.8. The molecule has 0 bridgehead atoms. The van der Waals surface area contributed by atoms with Crippen molar-refractivity contribution in [1.82, 2.24) is 19.9 Å². The molecule has 1 fully saturated rings. The summed E-state index contributed by atoms with van der Waals surface area (Å²) in [6.07, 6.45) is 8.78. The van der Waals surface area contributed by atoms with Crippen molar-refractivity contribution in [2.45, 2.75) is 32.6 Å². The number of ether oxygens (including phenoxy) is 1. The van der Waals surface area contributed by atoms with Crippen molar-refractivity contribution in [3.63, 3.8) is 0 Å². The summed E-state index contributed by atoms with van der Waals surface area (Å²) in [5.41, 5.74) is 8.67. The number of nitrogens with two attached hydrogens (primary N) is 1. The summed E-state index contributed by atoms with van der Waals surface area (Å²) in [6, 6.07) is 22.8. The van der Waals surface area contributed by atoms with E-state index in [-0.39, 0.29) is 35.2 Å². The summed E-state index contributed by atoms with van der Waals surface area (Å²) in [4.78, 5) is 30.3. The molecule has 2 aromatic heterocycles. The van der Waals surface area contributed by atoms with Crippen molar-refractivity contribution in [2.75, 3.05) is 37.3 Å². The van der Waals surface area contributed by atoms with Gasteiger partial charge in [0.25, 0.3) is 0 Å². The second kappa shape index (κ2) is 14.6. The Morgan fingerprint density at radius 3 is 2.51 bits per heavy atom. The number of nitrogen functional groups attached to an aromatic ring is 1. The second-order valence-corrected chi connectivity index (χ2v) is 11.6. The van der Waals surface area contributed by atoms with E-state index in [4.69, 9.17) is 15.9 Å². The molecule has 3 heterocycles. The van der Waals surface area contributed by atoms with Crippen LogP contribution in [-0.4, -0.2) is 58.2 Å². The summed E-state index contributed by atoms with van der Waals surface area (Å²) in [7, 11) is 1.96. The number of nitrogens with zero attached hydrogens (tertiary/aromatic N) is 5. The Bertz CT molecular complexity index is 1610. The summed E-state index contributed by atoms with van der Waals surface area (Å²) in [6.45, 7) is 6.37. The molecule has 0 saturated carbocycles. The molecule has 1 amide bonds. The van der Waals surface area contributed by atoms with Crippen LogP contribution in [0.2, 0.25) is 0 Å². The molecule has 0 aliphatic carbocycles. The van der Waals surface area contributed by atoms with Crippen LogP contribution in [0, 0.1) is 17.2 Å². The van der Waals surface area contributed by atoms with Crippen LogP contribution in [0.5, 0.6) is 11.5 Å². The fourth-order valence-corrected chi connectivity index (χ4v) is 5.86. The molecule has 4 aromatic rings. The van der Waals surface area contributed by atoms with Crippen molar-refractivity contribution >= 4 is 23.3 Å². The van der Waals surface area contributed by atoms with Crippen molar-refractivity contribution < 1.29 is 9.53 Å². The van der Waals surface area contributed by atoms with E-state index in [2.05, 4.69) is 28.8 Å². The average molecular weight is 604 g/mol. The highest BCUT2D eigenvalue weighted by molar-refractivity contribution is 6.14. The molecule has 9 nitrogen and oxygen atoms in total. The molecule has 1 aliphatic rings. The van der Waals surface area contributed by atoms with E-state index in [1.165, 1.54) is 6.33 Å². The van der Waals surface area contributed by atoms with E-state index < -0.39 is 0 Å². The number of amides is 1. The van der Waals surface area contributed by atoms with Gasteiger partial charge >= 0.3 is 0 Å². The zero-order valence-corrected chi connectivity index (χ0v) is 26.1. The molecule has 1 saturated heterocycles. The summed E-state index contributed by atoms with van der Waals surface area (Å²) < 4.78 is 5.92. The third-order valence-corrected chi connectivity index (χ3v) is 8.69. The predicted octanol–water partition coefficient (Wildman–Crippen LogP) is 6.33. The highest BCUT2D eigenvalue weighted by atomic mass is 16.5. The number of aromatic nitrogens is 3. The average Bonchev–Trinajstić information content (AvgIpc) is 3.08. The minimum atomic E-state index is -0.00560. The normalized spacial score (nSPS) is 16.2. The smallest absolute Gasteiger partial charge is 0.246 e. The molecule has 9 heteroatoms. The lowest BCUT2D eigenvalue weighted by molar-refractivity contribution is -0.128. The molecule has 3 unspecified atom stereocenters. The maximum absolute atomic E-state index is 13.1. The van der Waals surface area contributed by atoms with Gasteiger partial charge in [-0.25, -0.2) is 15.0 Å². The standard InChI is InChI=1S/C36H41N7O2/c1-25(28-11-9-22-43(23-28)32(44)15-10-21-42(3)31-14-7-8-20-39-31)26(2)35-33(36(38)41-24-40-35)34(37)27-16-18-30(19-17-27)45-29-12-5-4-6-13-29/h4-8,10,12-20,24-26,28,37H,9,11,21-23H2,1-3H3,(H2,38,40,41). The maximum Gasteiger partial charge on any atom is 0.246 e. The van der Waals surface area contributed by atoms with E-state index in [0.717, 1.165) is 36.6 Å². The van der Waals surface area contributed by atoms with E-state index in [9.17, 15) is 4.79 Å². The van der Waals surface area contributed by atoms with Gasteiger partial charge in [0.05, 0.1) is 17.0 Å². The lowest BCUT2D eigenvalue weighted by atomic mass is 9.76. The Kier molecular flexibility index (Phi) is 10.2. The summed E-state index contributed by atoms with van der Waals surface area (Å²) in [5.74, 6) is 3.09. The largest absolute Gasteiger partial charge is 0.457 e. The fourth-order valence-electron chi connectivity index (χ4n) is 5.86. The van der Waals surface area contributed by atoms with Crippen LogP contribution < -0.4 is 15.4 Å². The Labute approximate surface area is 265 Å². The number of benzene rings is 2. The fraction of sp³-hybridized carbons (Fsp3) is 0.306. The van der Waals surface area contributed by atoms with E-state index in [0.29, 0.717) is 30.0 Å². The van der Waals surface area contributed by atoms with Crippen LogP contribution in [0.4, 0.5) is 11.6 Å². The topological polar surface area (TPSA) is 121 Å². The molecular weight excluding hydrogens is 562 g/mol. The van der Waals surface area contributed by atoms with Gasteiger partial charge in [-0.1, -0.05) is 44.2 Å². The van der Waals surface area contributed by atoms with Gasteiger partial charge in [0.15, 0.2) is 0 Å². The van der Waals surface area contributed by atoms with Crippen molar-refractivity contribution in [3.8, 4) is 11.5 Å². The highest BCUT2D eigenvalue weighted by Crippen LogP contribution is 2.36. The first-order valence-corrected chi connectivity index (χ1v) is 15.4. The van der Waals surface area contributed by atoms with Gasteiger partial charge in [0.1, 0.15) is 29.5 Å². The molecule has 1 aliphatic heterocycles. The number of anilines is 2. The number of likely N-dealkylation sites (N-methyl/N-ethyl adjacent to an activating group) is 1. The van der Waals surface area contributed by atoms with Crippen LogP contribution in [0.15, 0.2) is 97.5 Å². The number of pyridine rings is 1. The predicted molar refractivity (Wildman–Crippen MR) is 179 cm³/mol. The van der Waals surface area contributed by atoms with Crippen LogP contribution in [-0.2, 0) is 4.79 Å². The minimum Gasteiger partial charge on any atom is -0.457 e. The number of likely N-dealkylation sites (tertiary alicyclic amines) is 1. The lowest BCUT2D eigenvalue weighted by Gasteiger charge is -2.37. The van der Waals surface area contributed by atoms with Gasteiger partial charge < -0.3 is 20.3 Å². The second-order valence-electron chi connectivity index (χ2n) is 11.6. The Balaban J connectivity index is 1.24. The van der Waals surface area contributed by atoms with E-state index in [1.54, 1.807) is 12.3 Å².